The maximum atomic E-state index is 14.5. The predicted molar refractivity (Wildman–Crippen MR) is 174 cm³/mol. The van der Waals surface area contributed by atoms with Crippen molar-refractivity contribution in [1.29, 1.82) is 0 Å². The summed E-state index contributed by atoms with van der Waals surface area (Å²) in [5, 5.41) is 0. The molecule has 0 aromatic heterocycles. The quantitative estimate of drug-likeness (QED) is 0.146. The molecule has 45 heavy (non-hydrogen) atoms. The number of hydrogen-bond donors (Lipinski definition) is 0. The van der Waals surface area contributed by atoms with Gasteiger partial charge >= 0.3 is 5.97 Å². The number of ether oxygens (including phenoxy) is 1. The molecule has 0 aromatic rings. The van der Waals surface area contributed by atoms with Gasteiger partial charge in [0.05, 0.1) is 5.92 Å². The van der Waals surface area contributed by atoms with Gasteiger partial charge in [-0.25, -0.2) is 0 Å². The Labute approximate surface area is 271 Å². The molecule has 0 amide bonds. The van der Waals surface area contributed by atoms with Crippen LogP contribution in [0.4, 0.5) is 0 Å². The zero-order valence-corrected chi connectivity index (χ0v) is 30.1. The monoisotopic (exact) mass is 628 g/mol. The smallest absolute Gasteiger partial charge is 0.310 e. The number of ketones is 5. The van der Waals surface area contributed by atoms with Gasteiger partial charge in [0, 0.05) is 49.9 Å². The van der Waals surface area contributed by atoms with Crippen LogP contribution in [0.15, 0.2) is 0 Å². The van der Waals surface area contributed by atoms with E-state index >= 15 is 0 Å². The Kier molecular flexibility index (Phi) is 10.9. The van der Waals surface area contributed by atoms with Crippen molar-refractivity contribution >= 4 is 34.9 Å². The summed E-state index contributed by atoms with van der Waals surface area (Å²) >= 11 is 0. The molecule has 7 nitrogen and oxygen atoms in total. The lowest BCUT2D eigenvalue weighted by Crippen LogP contribution is -2.41. The molecule has 0 radical (unpaired) electrons. The Morgan fingerprint density at radius 3 is 1.78 bits per heavy atom. The van der Waals surface area contributed by atoms with E-state index in [9.17, 15) is 28.8 Å². The van der Waals surface area contributed by atoms with E-state index in [2.05, 4.69) is 13.8 Å². The number of Topliss-reactive ketones (excluding diaryl/α,β-unsaturated/α-hetero) is 5. The molecule has 0 saturated heterocycles. The van der Waals surface area contributed by atoms with Crippen LogP contribution < -0.4 is 0 Å². The number of rotatable bonds is 14. The molecule has 7 heteroatoms. The molecule has 0 aromatic carbocycles. The minimum Gasteiger partial charge on any atom is -0.460 e. The van der Waals surface area contributed by atoms with E-state index < -0.39 is 63.6 Å². The summed E-state index contributed by atoms with van der Waals surface area (Å²) in [5.74, 6) is -3.95. The van der Waals surface area contributed by atoms with Crippen LogP contribution in [-0.4, -0.2) is 40.5 Å². The summed E-state index contributed by atoms with van der Waals surface area (Å²) in [4.78, 5) is 80.4. The zero-order chi connectivity index (χ0) is 34.4. The molecule has 3 aliphatic rings. The largest absolute Gasteiger partial charge is 0.460 e. The molecule has 3 aliphatic carbocycles. The number of esters is 1. The van der Waals surface area contributed by atoms with Gasteiger partial charge in [0.2, 0.25) is 5.78 Å². The second-order valence-electron chi connectivity index (χ2n) is 18.4. The first-order valence-electron chi connectivity index (χ1n) is 17.2. The Morgan fingerprint density at radius 2 is 1.33 bits per heavy atom. The molecule has 0 N–H and O–H groups in total. The fourth-order valence-electron chi connectivity index (χ4n) is 8.17. The Bertz CT molecular complexity index is 1180. The molecule has 3 rings (SSSR count). The van der Waals surface area contributed by atoms with Crippen molar-refractivity contribution in [2.45, 2.75) is 140 Å². The van der Waals surface area contributed by atoms with Gasteiger partial charge in [0.25, 0.3) is 0 Å². The van der Waals surface area contributed by atoms with Gasteiger partial charge in [-0.15, -0.1) is 0 Å². The summed E-state index contributed by atoms with van der Waals surface area (Å²) in [6.45, 7) is 22.6. The first-order valence-corrected chi connectivity index (χ1v) is 17.2. The van der Waals surface area contributed by atoms with Crippen molar-refractivity contribution in [1.82, 2.24) is 0 Å². The molecular weight excluding hydrogens is 568 g/mol. The van der Waals surface area contributed by atoms with E-state index in [1.165, 1.54) is 6.92 Å². The average Bonchev–Trinajstić information content (AvgIpc) is 3.17. The van der Waals surface area contributed by atoms with Crippen LogP contribution in [0.5, 0.6) is 0 Å². The highest BCUT2D eigenvalue weighted by molar-refractivity contribution is 6.37. The van der Waals surface area contributed by atoms with Crippen molar-refractivity contribution in [2.75, 3.05) is 0 Å². The van der Waals surface area contributed by atoms with Crippen molar-refractivity contribution in [2.24, 2.45) is 63.6 Å². The van der Waals surface area contributed by atoms with Gasteiger partial charge in [-0.05, 0) is 67.6 Å². The van der Waals surface area contributed by atoms with Crippen LogP contribution in [0.1, 0.15) is 134 Å². The van der Waals surface area contributed by atoms with E-state index in [0.29, 0.717) is 18.8 Å². The van der Waals surface area contributed by atoms with Gasteiger partial charge in [-0.2, -0.15) is 0 Å². The molecule has 0 bridgehead atoms. The van der Waals surface area contributed by atoms with Crippen LogP contribution in [0, 0.1) is 63.6 Å². The lowest BCUT2D eigenvalue weighted by Gasteiger charge is -2.36. The number of carbonyl (C=O) groups excluding carboxylic acids is 6. The second kappa shape index (κ2) is 13.1. The van der Waals surface area contributed by atoms with Gasteiger partial charge in [-0.1, -0.05) is 74.7 Å². The van der Waals surface area contributed by atoms with Crippen molar-refractivity contribution < 1.29 is 33.5 Å². The predicted octanol–water partition coefficient (Wildman–Crippen LogP) is 7.40. The standard InChI is InChI=1S/C38H60O7/c1-21(39)32(42)23(16-22-14-13-15-22)17-29(41)30-25(20-26-31(30)38(26,11)12)33(43)27(35(2,3)4)18-24(40)19-28(36(5,6)7)34(44)45-37(8,9)10/h22-23,25-28,30-31H,13-20H2,1-12H3. The first kappa shape index (κ1) is 37.3. The topological polar surface area (TPSA) is 112 Å². The van der Waals surface area contributed by atoms with Gasteiger partial charge in [0.15, 0.2) is 5.78 Å². The maximum absolute atomic E-state index is 14.5. The minimum atomic E-state index is -0.682. The summed E-state index contributed by atoms with van der Waals surface area (Å²) in [7, 11) is 0. The fourth-order valence-corrected chi connectivity index (χ4v) is 8.17. The van der Waals surface area contributed by atoms with Gasteiger partial charge in [-0.3, -0.25) is 28.8 Å². The molecular formula is C38H60O7. The van der Waals surface area contributed by atoms with E-state index in [-0.39, 0.29) is 53.9 Å². The average molecular weight is 629 g/mol. The van der Waals surface area contributed by atoms with Crippen LogP contribution >= 0.6 is 0 Å². The molecule has 254 valence electrons. The highest BCUT2D eigenvalue weighted by atomic mass is 16.6. The number of hydrogen-bond acceptors (Lipinski definition) is 7. The maximum Gasteiger partial charge on any atom is 0.310 e. The van der Waals surface area contributed by atoms with Crippen LogP contribution in [0.3, 0.4) is 0 Å². The van der Waals surface area contributed by atoms with Crippen LogP contribution in [0.25, 0.3) is 0 Å². The third-order valence-electron chi connectivity index (χ3n) is 11.2. The molecule has 3 saturated carbocycles. The summed E-state index contributed by atoms with van der Waals surface area (Å²) in [6.07, 6.45) is 4.29. The van der Waals surface area contributed by atoms with Crippen molar-refractivity contribution in [3.05, 3.63) is 0 Å². The molecule has 0 heterocycles. The highest BCUT2D eigenvalue weighted by Crippen LogP contribution is 2.71. The van der Waals surface area contributed by atoms with E-state index in [1.807, 2.05) is 41.5 Å². The lowest BCUT2D eigenvalue weighted by molar-refractivity contribution is -0.165. The summed E-state index contributed by atoms with van der Waals surface area (Å²) in [6, 6.07) is 0. The molecule has 3 fully saturated rings. The lowest BCUT2D eigenvalue weighted by atomic mass is 9.67. The summed E-state index contributed by atoms with van der Waals surface area (Å²) in [5.41, 5.74) is -1.80. The van der Waals surface area contributed by atoms with Gasteiger partial charge < -0.3 is 4.74 Å². The number of fused-ring (bicyclic) bond motifs is 1. The fraction of sp³-hybridized carbons (Fsp3) is 0.842. The SMILES string of the molecule is CC(=O)C(=O)C(CC(=O)C1C(C(=O)C(CC(=O)CC(C(=O)OC(C)(C)C)C(C)(C)C)C(C)(C)C)CC2C1C2(C)C)CC1CCC1. The first-order chi connectivity index (χ1) is 20.4. The highest BCUT2D eigenvalue weighted by Gasteiger charge is 2.69. The molecule has 0 aliphatic heterocycles. The zero-order valence-electron chi connectivity index (χ0n) is 30.1. The third kappa shape index (κ3) is 8.80. The minimum absolute atomic E-state index is 0.000968. The van der Waals surface area contributed by atoms with Gasteiger partial charge in [0.1, 0.15) is 23.0 Å². The molecule has 7 unspecified atom stereocenters. The molecule has 7 atom stereocenters. The van der Waals surface area contributed by atoms with Crippen molar-refractivity contribution in [3.63, 3.8) is 0 Å². The van der Waals surface area contributed by atoms with Crippen molar-refractivity contribution in [3.8, 4) is 0 Å². The second-order valence-corrected chi connectivity index (χ2v) is 18.4. The molecule has 0 spiro atoms. The van der Waals surface area contributed by atoms with Crippen LogP contribution in [-0.2, 0) is 33.5 Å². The van der Waals surface area contributed by atoms with E-state index in [1.54, 1.807) is 20.8 Å². The van der Waals surface area contributed by atoms with E-state index in [0.717, 1.165) is 19.3 Å². The number of carbonyl (C=O) groups is 6. The Balaban J connectivity index is 1.84. The normalized spacial score (nSPS) is 26.6. The van der Waals surface area contributed by atoms with Crippen LogP contribution in [0.2, 0.25) is 0 Å². The Hall–Kier alpha value is -2.18. The summed E-state index contributed by atoms with van der Waals surface area (Å²) < 4.78 is 5.66. The Morgan fingerprint density at radius 1 is 0.800 bits per heavy atom. The third-order valence-corrected chi connectivity index (χ3v) is 11.2. The van der Waals surface area contributed by atoms with E-state index in [4.69, 9.17) is 4.74 Å².